The summed E-state index contributed by atoms with van der Waals surface area (Å²) in [5.41, 5.74) is 1.03. The van der Waals surface area contributed by atoms with E-state index in [1.807, 2.05) is 6.07 Å². The van der Waals surface area contributed by atoms with Crippen LogP contribution in [0.15, 0.2) is 29.3 Å². The topological polar surface area (TPSA) is 79.3 Å². The molecule has 5 nitrogen and oxygen atoms in total. The molecule has 0 N–H and O–H groups in total. The largest absolute Gasteiger partial charge is 0.264 e. The van der Waals surface area contributed by atoms with Crippen molar-refractivity contribution in [3.8, 4) is 6.07 Å². The molecule has 5 heteroatoms. The highest BCUT2D eigenvalue weighted by Crippen LogP contribution is 2.12. The van der Waals surface area contributed by atoms with Crippen molar-refractivity contribution in [3.63, 3.8) is 0 Å². The van der Waals surface area contributed by atoms with Gasteiger partial charge in [0.2, 0.25) is 6.54 Å². The van der Waals surface area contributed by atoms with Gasteiger partial charge in [0.25, 0.3) is 0 Å². The maximum atomic E-state index is 9.97. The summed E-state index contributed by atoms with van der Waals surface area (Å²) in [5.74, 6) is 0. The van der Waals surface area contributed by atoms with Crippen molar-refractivity contribution >= 4 is 11.9 Å². The number of nitriles is 1. The van der Waals surface area contributed by atoms with Crippen molar-refractivity contribution in [2.24, 2.45) is 4.99 Å². The number of benzene rings is 1. The van der Waals surface area contributed by atoms with Crippen LogP contribution in [0.3, 0.4) is 0 Å². The quantitative estimate of drug-likeness (QED) is 0.411. The monoisotopic (exact) mass is 189 g/mol. The van der Waals surface area contributed by atoms with E-state index in [0.717, 1.165) is 0 Å². The van der Waals surface area contributed by atoms with E-state index in [4.69, 9.17) is 5.26 Å². The van der Waals surface area contributed by atoms with Crippen LogP contribution < -0.4 is 0 Å². The molecule has 0 bridgehead atoms. The zero-order chi connectivity index (χ0) is 10.4. The predicted molar refractivity (Wildman–Crippen MR) is 51.2 cm³/mol. The third kappa shape index (κ3) is 3.03. The summed E-state index contributed by atoms with van der Waals surface area (Å²) in [5, 5.41) is 18.5. The number of hydrogen-bond acceptors (Lipinski definition) is 4. The fraction of sp³-hybridized carbons (Fsp3) is 0.111. The van der Waals surface area contributed by atoms with E-state index in [1.54, 1.807) is 24.3 Å². The molecule has 0 saturated heterocycles. The molecular weight excluding hydrogens is 182 g/mol. The summed E-state index contributed by atoms with van der Waals surface area (Å²) in [7, 11) is 0. The SMILES string of the molecule is N#Cc1cccc(N=CC[N+](=O)[O-])c1. The van der Waals surface area contributed by atoms with Crippen LogP contribution >= 0.6 is 0 Å². The molecule has 0 aliphatic carbocycles. The van der Waals surface area contributed by atoms with Gasteiger partial charge in [-0.15, -0.1) is 0 Å². The second-order valence-electron chi connectivity index (χ2n) is 2.49. The second kappa shape index (κ2) is 4.72. The standard InChI is InChI=1S/C9H7N3O2/c10-7-8-2-1-3-9(6-8)11-4-5-12(13)14/h1-4,6H,5H2. The lowest BCUT2D eigenvalue weighted by Crippen LogP contribution is -2.00. The van der Waals surface area contributed by atoms with Crippen molar-refractivity contribution < 1.29 is 4.92 Å². The Morgan fingerprint density at radius 2 is 2.43 bits per heavy atom. The minimum absolute atomic E-state index is 0.309. The summed E-state index contributed by atoms with van der Waals surface area (Å²) in [6, 6.07) is 8.53. The van der Waals surface area contributed by atoms with Gasteiger partial charge in [0.1, 0.15) is 0 Å². The molecule has 0 spiro atoms. The smallest absolute Gasteiger partial charge is 0.238 e. The zero-order valence-corrected chi connectivity index (χ0v) is 7.25. The van der Waals surface area contributed by atoms with Gasteiger partial charge in [-0.1, -0.05) is 6.07 Å². The van der Waals surface area contributed by atoms with Gasteiger partial charge < -0.3 is 0 Å². The Hall–Kier alpha value is -2.22. The van der Waals surface area contributed by atoms with Gasteiger partial charge >= 0.3 is 0 Å². The van der Waals surface area contributed by atoms with Crippen LogP contribution in [0.4, 0.5) is 5.69 Å². The lowest BCUT2D eigenvalue weighted by Gasteiger charge is -1.92. The van der Waals surface area contributed by atoms with E-state index in [-0.39, 0.29) is 6.54 Å². The van der Waals surface area contributed by atoms with Gasteiger partial charge in [-0.05, 0) is 18.2 Å². The van der Waals surface area contributed by atoms with Crippen molar-refractivity contribution in [3.05, 3.63) is 39.9 Å². The highest BCUT2D eigenvalue weighted by molar-refractivity contribution is 5.64. The lowest BCUT2D eigenvalue weighted by atomic mass is 10.2. The maximum absolute atomic E-state index is 9.97. The Balaban J connectivity index is 2.72. The highest BCUT2D eigenvalue weighted by atomic mass is 16.6. The minimum atomic E-state index is -0.475. The van der Waals surface area contributed by atoms with Gasteiger partial charge in [-0.2, -0.15) is 5.26 Å². The number of rotatable bonds is 3. The second-order valence-corrected chi connectivity index (χ2v) is 2.49. The minimum Gasteiger partial charge on any atom is -0.264 e. The van der Waals surface area contributed by atoms with Crippen LogP contribution in [0.1, 0.15) is 5.56 Å². The average Bonchev–Trinajstić information content (AvgIpc) is 2.18. The Labute approximate surface area is 80.5 Å². The molecule has 0 atom stereocenters. The molecule has 0 unspecified atom stereocenters. The normalized spacial score (nSPS) is 9.93. The summed E-state index contributed by atoms with van der Waals surface area (Å²) in [6.07, 6.45) is 1.20. The molecule has 0 saturated carbocycles. The van der Waals surface area contributed by atoms with Gasteiger partial charge in [0.05, 0.1) is 23.5 Å². The van der Waals surface area contributed by atoms with E-state index >= 15 is 0 Å². The molecule has 0 heterocycles. The Morgan fingerprint density at radius 1 is 1.64 bits per heavy atom. The molecule has 70 valence electrons. The van der Waals surface area contributed by atoms with Crippen LogP contribution in [-0.4, -0.2) is 17.7 Å². The molecule has 1 aromatic rings. The number of nitrogens with zero attached hydrogens (tertiary/aromatic N) is 3. The van der Waals surface area contributed by atoms with E-state index in [1.165, 1.54) is 6.21 Å². The van der Waals surface area contributed by atoms with Gasteiger partial charge in [-0.25, -0.2) is 0 Å². The van der Waals surface area contributed by atoms with Crippen LogP contribution in [-0.2, 0) is 0 Å². The number of aliphatic imine (C=N–C) groups is 1. The average molecular weight is 189 g/mol. The van der Waals surface area contributed by atoms with Crippen LogP contribution in [0.5, 0.6) is 0 Å². The molecule has 14 heavy (non-hydrogen) atoms. The van der Waals surface area contributed by atoms with Crippen LogP contribution in [0.2, 0.25) is 0 Å². The van der Waals surface area contributed by atoms with E-state index in [0.29, 0.717) is 11.3 Å². The lowest BCUT2D eigenvalue weighted by molar-refractivity contribution is -0.462. The van der Waals surface area contributed by atoms with E-state index < -0.39 is 4.92 Å². The number of nitro groups is 1. The van der Waals surface area contributed by atoms with E-state index in [2.05, 4.69) is 4.99 Å². The summed E-state index contributed by atoms with van der Waals surface area (Å²) in [4.78, 5) is 13.3. The molecule has 0 aromatic heterocycles. The third-order valence-corrected chi connectivity index (χ3v) is 1.45. The Kier molecular flexibility index (Phi) is 3.33. The molecule has 0 fully saturated rings. The van der Waals surface area contributed by atoms with E-state index in [9.17, 15) is 10.1 Å². The molecule has 1 aromatic carbocycles. The highest BCUT2D eigenvalue weighted by Gasteiger charge is 1.93. The number of hydrogen-bond donors (Lipinski definition) is 0. The van der Waals surface area contributed by atoms with Crippen LogP contribution in [0, 0.1) is 21.4 Å². The third-order valence-electron chi connectivity index (χ3n) is 1.45. The first-order valence-corrected chi connectivity index (χ1v) is 3.87. The molecule has 0 amide bonds. The molecule has 0 aliphatic rings. The first-order chi connectivity index (χ1) is 6.72. The Morgan fingerprint density at radius 3 is 3.07 bits per heavy atom. The fourth-order valence-corrected chi connectivity index (χ4v) is 0.869. The fourth-order valence-electron chi connectivity index (χ4n) is 0.869. The van der Waals surface area contributed by atoms with Crippen molar-refractivity contribution in [1.29, 1.82) is 5.26 Å². The van der Waals surface area contributed by atoms with Gasteiger partial charge in [-0.3, -0.25) is 15.1 Å². The Bertz CT molecular complexity index is 407. The van der Waals surface area contributed by atoms with Crippen molar-refractivity contribution in [2.45, 2.75) is 0 Å². The zero-order valence-electron chi connectivity index (χ0n) is 7.25. The van der Waals surface area contributed by atoms with Crippen molar-refractivity contribution in [2.75, 3.05) is 6.54 Å². The van der Waals surface area contributed by atoms with Crippen LogP contribution in [0.25, 0.3) is 0 Å². The summed E-state index contributed by atoms with van der Waals surface area (Å²) in [6.45, 7) is -0.309. The molecule has 0 aliphatic heterocycles. The summed E-state index contributed by atoms with van der Waals surface area (Å²) >= 11 is 0. The first-order valence-electron chi connectivity index (χ1n) is 3.87. The maximum Gasteiger partial charge on any atom is 0.238 e. The van der Waals surface area contributed by atoms with Gasteiger partial charge in [0, 0.05) is 4.92 Å². The molecule has 0 radical (unpaired) electrons. The van der Waals surface area contributed by atoms with Crippen molar-refractivity contribution in [1.82, 2.24) is 0 Å². The first kappa shape index (κ1) is 9.86. The van der Waals surface area contributed by atoms with Gasteiger partial charge in [0.15, 0.2) is 0 Å². The summed E-state index contributed by atoms with van der Waals surface area (Å²) < 4.78 is 0. The predicted octanol–water partition coefficient (Wildman–Crippen LogP) is 1.54. The molecular formula is C9H7N3O2. The molecule has 1 rings (SSSR count).